The van der Waals surface area contributed by atoms with Gasteiger partial charge in [-0.3, -0.25) is 9.48 Å². The van der Waals surface area contributed by atoms with Gasteiger partial charge in [-0.25, -0.2) is 0 Å². The number of thiophene rings is 1. The van der Waals surface area contributed by atoms with E-state index < -0.39 is 0 Å². The molecule has 0 saturated heterocycles. The van der Waals surface area contributed by atoms with Crippen molar-refractivity contribution in [3.05, 3.63) is 33.8 Å². The Morgan fingerprint density at radius 3 is 3.04 bits per heavy atom. The molecule has 1 aliphatic heterocycles. The molecule has 0 spiro atoms. The number of aromatic nitrogens is 3. The third kappa shape index (κ3) is 3.03. The van der Waals surface area contributed by atoms with Crippen molar-refractivity contribution < 1.29 is 9.53 Å². The first-order valence-corrected chi connectivity index (χ1v) is 8.94. The number of hydrogen-bond acceptors (Lipinski definition) is 5. The predicted molar refractivity (Wildman–Crippen MR) is 86.3 cm³/mol. The highest BCUT2D eigenvalue weighted by molar-refractivity contribution is 7.08. The smallest absolute Gasteiger partial charge is 0.255 e. The molecule has 2 aromatic rings. The highest BCUT2D eigenvalue weighted by Gasteiger charge is 2.33. The Kier molecular flexibility index (Phi) is 3.90. The summed E-state index contributed by atoms with van der Waals surface area (Å²) in [6, 6.07) is 1.87. The third-order valence-electron chi connectivity index (χ3n) is 4.54. The highest BCUT2D eigenvalue weighted by atomic mass is 32.1. The second-order valence-corrected chi connectivity index (χ2v) is 7.20. The molecule has 2 aromatic heterocycles. The second kappa shape index (κ2) is 6.05. The van der Waals surface area contributed by atoms with Gasteiger partial charge in [-0.15, -0.1) is 5.10 Å². The number of rotatable bonds is 5. The summed E-state index contributed by atoms with van der Waals surface area (Å²) in [4.78, 5) is 14.5. The van der Waals surface area contributed by atoms with Crippen molar-refractivity contribution in [2.75, 3.05) is 19.8 Å². The summed E-state index contributed by atoms with van der Waals surface area (Å²) >= 11 is 1.54. The van der Waals surface area contributed by atoms with E-state index in [0.717, 1.165) is 29.5 Å². The Bertz CT molecular complexity index is 693. The first-order valence-electron chi connectivity index (χ1n) is 8.00. The van der Waals surface area contributed by atoms with E-state index in [9.17, 15) is 4.79 Å². The molecule has 0 N–H and O–H groups in total. The number of ether oxygens (including phenoxy) is 1. The molecule has 122 valence electrons. The van der Waals surface area contributed by atoms with Crippen molar-refractivity contribution in [1.82, 2.24) is 19.9 Å². The molecular formula is C16H20N4O2S. The zero-order valence-corrected chi connectivity index (χ0v) is 14.0. The zero-order valence-electron chi connectivity index (χ0n) is 13.1. The Labute approximate surface area is 139 Å². The van der Waals surface area contributed by atoms with Crippen LogP contribution in [-0.2, 0) is 18.3 Å². The maximum atomic E-state index is 12.7. The molecule has 1 fully saturated rings. The van der Waals surface area contributed by atoms with E-state index in [4.69, 9.17) is 4.74 Å². The number of hydrogen-bond donors (Lipinski definition) is 0. The topological polar surface area (TPSA) is 60.2 Å². The molecule has 7 heteroatoms. The SMILES string of the molecule is Cn1nnc2c1[C@@H](COCC1CC1)CN(C(=O)c1ccsc1)C2. The lowest BCUT2D eigenvalue weighted by atomic mass is 9.98. The van der Waals surface area contributed by atoms with Gasteiger partial charge in [0.1, 0.15) is 5.69 Å². The van der Waals surface area contributed by atoms with Gasteiger partial charge in [0.15, 0.2) is 0 Å². The van der Waals surface area contributed by atoms with E-state index in [1.165, 1.54) is 12.8 Å². The molecule has 1 saturated carbocycles. The minimum atomic E-state index is 0.0646. The van der Waals surface area contributed by atoms with Crippen LogP contribution in [0, 0.1) is 5.92 Å². The molecule has 1 aliphatic carbocycles. The maximum Gasteiger partial charge on any atom is 0.255 e. The monoisotopic (exact) mass is 332 g/mol. The molecule has 0 unspecified atom stereocenters. The van der Waals surface area contributed by atoms with E-state index in [0.29, 0.717) is 19.7 Å². The summed E-state index contributed by atoms with van der Waals surface area (Å²) < 4.78 is 7.72. The average Bonchev–Trinajstić information content (AvgIpc) is 3.07. The van der Waals surface area contributed by atoms with Gasteiger partial charge < -0.3 is 9.64 Å². The van der Waals surface area contributed by atoms with E-state index in [-0.39, 0.29) is 11.8 Å². The van der Waals surface area contributed by atoms with E-state index in [1.807, 2.05) is 33.5 Å². The van der Waals surface area contributed by atoms with Crippen LogP contribution in [0.15, 0.2) is 16.8 Å². The Morgan fingerprint density at radius 1 is 1.43 bits per heavy atom. The van der Waals surface area contributed by atoms with Crippen LogP contribution in [0.2, 0.25) is 0 Å². The Balaban J connectivity index is 1.51. The lowest BCUT2D eigenvalue weighted by Crippen LogP contribution is -2.40. The first-order chi connectivity index (χ1) is 11.2. The summed E-state index contributed by atoms with van der Waals surface area (Å²) in [5, 5.41) is 12.2. The summed E-state index contributed by atoms with van der Waals surface area (Å²) in [6.45, 7) is 2.64. The minimum Gasteiger partial charge on any atom is -0.380 e. The van der Waals surface area contributed by atoms with Crippen molar-refractivity contribution in [1.29, 1.82) is 0 Å². The molecule has 0 radical (unpaired) electrons. The summed E-state index contributed by atoms with van der Waals surface area (Å²) in [7, 11) is 1.91. The molecule has 4 rings (SSSR count). The van der Waals surface area contributed by atoms with Gasteiger partial charge in [0.05, 0.1) is 24.4 Å². The molecule has 6 nitrogen and oxygen atoms in total. The van der Waals surface area contributed by atoms with Crippen molar-refractivity contribution in [3.8, 4) is 0 Å². The van der Waals surface area contributed by atoms with Gasteiger partial charge in [-0.2, -0.15) is 11.3 Å². The van der Waals surface area contributed by atoms with Crippen molar-refractivity contribution in [2.24, 2.45) is 13.0 Å². The van der Waals surface area contributed by atoms with Gasteiger partial charge in [0.25, 0.3) is 5.91 Å². The van der Waals surface area contributed by atoms with Crippen LogP contribution < -0.4 is 0 Å². The Morgan fingerprint density at radius 2 is 2.30 bits per heavy atom. The molecule has 2 aliphatic rings. The number of carbonyl (C=O) groups excluding carboxylic acids is 1. The van der Waals surface area contributed by atoms with E-state index in [1.54, 1.807) is 11.3 Å². The Hall–Kier alpha value is -1.73. The second-order valence-electron chi connectivity index (χ2n) is 6.42. The minimum absolute atomic E-state index is 0.0646. The van der Waals surface area contributed by atoms with Gasteiger partial charge in [-0.05, 0) is 30.2 Å². The maximum absolute atomic E-state index is 12.7. The third-order valence-corrected chi connectivity index (χ3v) is 5.22. The predicted octanol–water partition coefficient (Wildman–Crippen LogP) is 2.04. The van der Waals surface area contributed by atoms with E-state index >= 15 is 0 Å². The fourth-order valence-electron chi connectivity index (χ4n) is 3.13. The summed E-state index contributed by atoms with van der Waals surface area (Å²) in [5.41, 5.74) is 2.75. The van der Waals surface area contributed by atoms with Crippen LogP contribution >= 0.6 is 11.3 Å². The summed E-state index contributed by atoms with van der Waals surface area (Å²) in [5.74, 6) is 0.945. The van der Waals surface area contributed by atoms with Crippen LogP contribution in [-0.4, -0.2) is 45.6 Å². The standard InChI is InChI=1S/C16H20N4O2S/c1-19-15-13(9-22-8-11-2-3-11)6-20(7-14(15)17-18-19)16(21)12-4-5-23-10-12/h4-5,10-11,13H,2-3,6-9H2,1H3/t13-/m1/s1. The van der Waals surface area contributed by atoms with Crippen molar-refractivity contribution in [3.63, 3.8) is 0 Å². The van der Waals surface area contributed by atoms with Gasteiger partial charge >= 0.3 is 0 Å². The van der Waals surface area contributed by atoms with Gasteiger partial charge in [0.2, 0.25) is 0 Å². The number of nitrogens with zero attached hydrogens (tertiary/aromatic N) is 4. The number of fused-ring (bicyclic) bond motifs is 1. The van der Waals surface area contributed by atoms with Crippen molar-refractivity contribution in [2.45, 2.75) is 25.3 Å². The lowest BCUT2D eigenvalue weighted by molar-refractivity contribution is 0.0618. The van der Waals surface area contributed by atoms with Crippen LogP contribution in [0.4, 0.5) is 0 Å². The molecule has 1 amide bonds. The van der Waals surface area contributed by atoms with Crippen LogP contribution in [0.5, 0.6) is 0 Å². The number of aryl methyl sites for hydroxylation is 1. The lowest BCUT2D eigenvalue weighted by Gasteiger charge is -2.32. The van der Waals surface area contributed by atoms with Crippen LogP contribution in [0.3, 0.4) is 0 Å². The normalized spacial score (nSPS) is 20.6. The fraction of sp³-hybridized carbons (Fsp3) is 0.562. The van der Waals surface area contributed by atoms with Crippen LogP contribution in [0.25, 0.3) is 0 Å². The largest absolute Gasteiger partial charge is 0.380 e. The molecule has 3 heterocycles. The number of carbonyl (C=O) groups is 1. The molecule has 0 bridgehead atoms. The molecule has 0 aromatic carbocycles. The number of amides is 1. The van der Waals surface area contributed by atoms with Crippen LogP contribution in [0.1, 0.15) is 40.5 Å². The van der Waals surface area contributed by atoms with Gasteiger partial charge in [0, 0.05) is 31.5 Å². The first kappa shape index (κ1) is 14.8. The average molecular weight is 332 g/mol. The summed E-state index contributed by atoms with van der Waals surface area (Å²) in [6.07, 6.45) is 2.57. The van der Waals surface area contributed by atoms with Crippen molar-refractivity contribution >= 4 is 17.2 Å². The zero-order chi connectivity index (χ0) is 15.8. The quantitative estimate of drug-likeness (QED) is 0.841. The fourth-order valence-corrected chi connectivity index (χ4v) is 3.76. The van der Waals surface area contributed by atoms with Gasteiger partial charge in [-0.1, -0.05) is 5.21 Å². The molecule has 1 atom stereocenters. The molecular weight excluding hydrogens is 312 g/mol. The van der Waals surface area contributed by atoms with E-state index in [2.05, 4.69) is 10.3 Å². The molecule has 23 heavy (non-hydrogen) atoms. The highest BCUT2D eigenvalue weighted by Crippen LogP contribution is 2.31.